The molecule has 2 N–H and O–H groups in total. The van der Waals surface area contributed by atoms with E-state index in [0.29, 0.717) is 42.7 Å². The molecule has 2 aromatic heterocycles. The lowest BCUT2D eigenvalue weighted by Gasteiger charge is -2.31. The van der Waals surface area contributed by atoms with Crippen molar-refractivity contribution in [2.75, 3.05) is 11.9 Å². The number of ether oxygens (including phenoxy) is 1. The van der Waals surface area contributed by atoms with Crippen molar-refractivity contribution in [1.82, 2.24) is 20.1 Å². The average Bonchev–Trinajstić information content (AvgIpc) is 3.30. The summed E-state index contributed by atoms with van der Waals surface area (Å²) in [6.45, 7) is 6.77. The molecule has 0 radical (unpaired) electrons. The molecule has 1 amide bonds. The highest BCUT2D eigenvalue weighted by Gasteiger charge is 2.34. The first-order chi connectivity index (χ1) is 19.2. The van der Waals surface area contributed by atoms with Gasteiger partial charge >= 0.3 is 6.18 Å². The number of amides is 1. The maximum Gasteiger partial charge on any atom is 0.433 e. The van der Waals surface area contributed by atoms with Gasteiger partial charge in [0.1, 0.15) is 18.1 Å². The van der Waals surface area contributed by atoms with Crippen LogP contribution in [0, 0.1) is 0 Å². The zero-order chi connectivity index (χ0) is 29.9. The summed E-state index contributed by atoms with van der Waals surface area (Å²) in [5.41, 5.74) is -1.39. The van der Waals surface area contributed by atoms with Crippen molar-refractivity contribution in [1.29, 1.82) is 0 Å². The van der Waals surface area contributed by atoms with Crippen LogP contribution in [0.5, 0.6) is 0 Å². The highest BCUT2D eigenvalue weighted by Crippen LogP contribution is 2.35. The first-order valence-corrected chi connectivity index (χ1v) is 17.5. The van der Waals surface area contributed by atoms with Crippen LogP contribution in [-0.4, -0.2) is 47.4 Å². The summed E-state index contributed by atoms with van der Waals surface area (Å²) >= 11 is 6.10. The first-order valence-electron chi connectivity index (χ1n) is 13.4. The fraction of sp³-hybridized carbons (Fsp3) is 0.519. The molecule has 0 bridgehead atoms. The Hall–Kier alpha value is -2.77. The molecule has 0 unspecified atom stereocenters. The van der Waals surface area contributed by atoms with E-state index >= 15 is 0 Å². The van der Waals surface area contributed by atoms with Gasteiger partial charge in [-0.05, 0) is 56.0 Å². The lowest BCUT2D eigenvalue weighted by atomic mass is 9.90. The third kappa shape index (κ3) is 8.16. The molecule has 4 rings (SSSR count). The number of aromatic nitrogens is 3. The third-order valence-electron chi connectivity index (χ3n) is 6.97. The number of rotatable bonds is 10. The molecule has 1 aromatic carbocycles. The summed E-state index contributed by atoms with van der Waals surface area (Å²) in [5, 5.41) is 10.8. The maximum atomic E-state index is 13.9. The molecule has 1 fully saturated rings. The van der Waals surface area contributed by atoms with Crippen molar-refractivity contribution in [2.24, 2.45) is 0 Å². The zero-order valence-electron chi connectivity index (χ0n) is 23.0. The molecular weight excluding hydrogens is 585 g/mol. The van der Waals surface area contributed by atoms with E-state index in [2.05, 4.69) is 40.4 Å². The fourth-order valence-corrected chi connectivity index (χ4v) is 5.76. The molecule has 0 saturated heterocycles. The number of carbonyl (C=O) groups excluding carboxylic acids is 1. The summed E-state index contributed by atoms with van der Waals surface area (Å²) in [7, 11) is -1.36. The van der Waals surface area contributed by atoms with Crippen LogP contribution in [0.25, 0.3) is 10.9 Å². The van der Waals surface area contributed by atoms with Crippen molar-refractivity contribution in [3.05, 3.63) is 52.4 Å². The quantitative estimate of drug-likeness (QED) is 0.140. The van der Waals surface area contributed by atoms with Gasteiger partial charge in [0.15, 0.2) is 0 Å². The molecule has 2 heterocycles. The number of fused-ring (bicyclic) bond motifs is 1. The normalized spacial score (nSPS) is 18.2. The zero-order valence-corrected chi connectivity index (χ0v) is 24.8. The summed E-state index contributed by atoms with van der Waals surface area (Å²) in [6.07, 6.45) is -4.16. The lowest BCUT2D eigenvalue weighted by Crippen LogP contribution is -2.42. The summed E-state index contributed by atoms with van der Waals surface area (Å²) in [5.74, 6) is -0.681. The number of hydrogen-bond donors (Lipinski definition) is 2. The van der Waals surface area contributed by atoms with E-state index in [-0.39, 0.29) is 35.6 Å². The predicted molar refractivity (Wildman–Crippen MR) is 150 cm³/mol. The minimum Gasteiger partial charge on any atom is -0.382 e. The van der Waals surface area contributed by atoms with Crippen molar-refractivity contribution in [3.8, 4) is 0 Å². The largest absolute Gasteiger partial charge is 0.433 e. The summed E-state index contributed by atoms with van der Waals surface area (Å²) < 4.78 is 75.0. The smallest absolute Gasteiger partial charge is 0.382 e. The Bertz CT molecular complexity index is 1380. The average molecular weight is 618 g/mol. The number of halogens is 6. The Balaban J connectivity index is 1.45. The van der Waals surface area contributed by atoms with Gasteiger partial charge in [-0.25, -0.2) is 18.4 Å². The number of benzene rings is 1. The second kappa shape index (κ2) is 12.6. The number of carbonyl (C=O) groups is 1. The minimum atomic E-state index is -4.64. The van der Waals surface area contributed by atoms with E-state index in [4.69, 9.17) is 16.3 Å². The Kier molecular flexibility index (Phi) is 9.59. The predicted octanol–water partition coefficient (Wildman–Crippen LogP) is 7.51. The number of alkyl halides is 5. The van der Waals surface area contributed by atoms with E-state index < -0.39 is 38.0 Å². The highest BCUT2D eigenvalue weighted by molar-refractivity contribution is 6.76. The van der Waals surface area contributed by atoms with Crippen LogP contribution < -0.4 is 10.6 Å². The van der Waals surface area contributed by atoms with Gasteiger partial charge in [-0.15, -0.1) is 0 Å². The third-order valence-corrected chi connectivity index (χ3v) is 8.91. The van der Waals surface area contributed by atoms with Crippen LogP contribution in [0.3, 0.4) is 0 Å². The Morgan fingerprint density at radius 1 is 1.20 bits per heavy atom. The lowest BCUT2D eigenvalue weighted by molar-refractivity contribution is -0.140. The van der Waals surface area contributed by atoms with Crippen LogP contribution in [0.2, 0.25) is 30.7 Å². The van der Waals surface area contributed by atoms with Crippen molar-refractivity contribution in [2.45, 2.75) is 82.8 Å². The van der Waals surface area contributed by atoms with Crippen LogP contribution in [0.4, 0.5) is 27.6 Å². The Morgan fingerprint density at radius 3 is 2.61 bits per heavy atom. The SMILES string of the molecule is C[Si](C)(C)CCOCn1ncc(C(=O)N[C@@H]2CCC[C@H](Nc3cc(C(F)(F)F)nc4ccc(Cl)cc34)C2)c1C(F)F. The van der Waals surface area contributed by atoms with Gasteiger partial charge in [-0.1, -0.05) is 31.2 Å². The van der Waals surface area contributed by atoms with Gasteiger partial charge < -0.3 is 15.4 Å². The molecule has 14 heteroatoms. The van der Waals surface area contributed by atoms with Crippen LogP contribution in [0.15, 0.2) is 30.5 Å². The fourth-order valence-electron chi connectivity index (χ4n) is 4.83. The standard InChI is InChI=1S/C27H33ClF5N5O2Si/c1-41(2,3)10-9-40-15-38-24(25(29)30)20(14-34-38)26(39)36-18-6-4-5-17(12-18)35-22-13-23(27(31,32)33)37-21-8-7-16(28)11-19(21)22/h7-8,11,13-14,17-18,25H,4-6,9-10,12,15H2,1-3H3,(H,35,37)(H,36,39)/t17-,18+/m0/s1. The molecule has 0 aliphatic heterocycles. The van der Waals surface area contributed by atoms with E-state index in [1.807, 2.05) is 0 Å². The molecule has 41 heavy (non-hydrogen) atoms. The van der Waals surface area contributed by atoms with Gasteiger partial charge in [-0.3, -0.25) is 4.79 Å². The molecular formula is C27H33ClF5N5O2Si. The Labute approximate surface area is 240 Å². The number of pyridine rings is 1. The van der Waals surface area contributed by atoms with Crippen LogP contribution in [-0.2, 0) is 17.6 Å². The molecule has 1 aliphatic rings. The van der Waals surface area contributed by atoms with E-state index in [0.717, 1.165) is 23.0 Å². The molecule has 2 atom stereocenters. The molecule has 7 nitrogen and oxygen atoms in total. The van der Waals surface area contributed by atoms with E-state index in [9.17, 15) is 26.7 Å². The van der Waals surface area contributed by atoms with E-state index in [1.165, 1.54) is 12.1 Å². The Morgan fingerprint density at radius 2 is 1.93 bits per heavy atom. The molecule has 224 valence electrons. The molecule has 3 aromatic rings. The van der Waals surface area contributed by atoms with Crippen molar-refractivity contribution < 1.29 is 31.5 Å². The summed E-state index contributed by atoms with van der Waals surface area (Å²) in [6, 6.07) is 5.61. The number of nitrogens with zero attached hydrogens (tertiary/aromatic N) is 3. The van der Waals surface area contributed by atoms with E-state index in [1.54, 1.807) is 6.07 Å². The molecule has 1 saturated carbocycles. The maximum absolute atomic E-state index is 13.9. The van der Waals surface area contributed by atoms with Gasteiger partial charge in [0.2, 0.25) is 0 Å². The topological polar surface area (TPSA) is 81.1 Å². The first kappa shape index (κ1) is 31.2. The highest BCUT2D eigenvalue weighted by atomic mass is 35.5. The number of anilines is 1. The second-order valence-corrected chi connectivity index (χ2v) is 17.5. The second-order valence-electron chi connectivity index (χ2n) is 11.5. The summed E-state index contributed by atoms with van der Waals surface area (Å²) in [4.78, 5) is 16.8. The molecule has 1 aliphatic carbocycles. The van der Waals surface area contributed by atoms with Crippen molar-refractivity contribution in [3.63, 3.8) is 0 Å². The van der Waals surface area contributed by atoms with Gasteiger partial charge in [-0.2, -0.15) is 18.3 Å². The van der Waals surface area contributed by atoms with Gasteiger partial charge in [0.05, 0.1) is 17.3 Å². The minimum absolute atomic E-state index is 0.147. The van der Waals surface area contributed by atoms with Crippen LogP contribution >= 0.6 is 11.6 Å². The monoisotopic (exact) mass is 617 g/mol. The van der Waals surface area contributed by atoms with Gasteiger partial charge in [0, 0.05) is 42.9 Å². The number of nitrogens with one attached hydrogen (secondary N) is 2. The number of hydrogen-bond acceptors (Lipinski definition) is 5. The molecule has 0 spiro atoms. The van der Waals surface area contributed by atoms with Crippen molar-refractivity contribution >= 4 is 42.2 Å². The van der Waals surface area contributed by atoms with Crippen LogP contribution in [0.1, 0.15) is 53.9 Å². The van der Waals surface area contributed by atoms with Gasteiger partial charge in [0.25, 0.3) is 12.3 Å².